The highest BCUT2D eigenvalue weighted by Gasteiger charge is 2.09. The number of fused-ring (bicyclic) bond motifs is 1. The largest absolute Gasteiger partial charge is 0.476 e. The molecule has 0 radical (unpaired) electrons. The zero-order valence-electron chi connectivity index (χ0n) is 7.23. The first-order chi connectivity index (χ1) is 6.70. The third-order valence-electron chi connectivity index (χ3n) is 1.87. The van der Waals surface area contributed by atoms with E-state index < -0.39 is 5.97 Å². The van der Waals surface area contributed by atoms with Gasteiger partial charge in [-0.15, -0.1) is 11.3 Å². The molecule has 0 saturated heterocycles. The summed E-state index contributed by atoms with van der Waals surface area (Å²) in [5.74, 6) is -0.986. The topological polar surface area (TPSA) is 76.2 Å². The van der Waals surface area contributed by atoms with Crippen molar-refractivity contribution in [1.29, 1.82) is 0 Å². The number of thiazole rings is 1. The Balaban J connectivity index is 2.60. The van der Waals surface area contributed by atoms with Crippen molar-refractivity contribution in [2.45, 2.75) is 6.54 Å². The maximum atomic E-state index is 10.6. The van der Waals surface area contributed by atoms with Crippen LogP contribution in [0.1, 0.15) is 15.4 Å². The van der Waals surface area contributed by atoms with Crippen molar-refractivity contribution >= 4 is 27.5 Å². The van der Waals surface area contributed by atoms with Crippen LogP contribution in [0.4, 0.5) is 0 Å². The highest BCUT2D eigenvalue weighted by molar-refractivity contribution is 7.20. The normalized spacial score (nSPS) is 10.6. The van der Waals surface area contributed by atoms with Crippen LogP contribution in [-0.4, -0.2) is 16.1 Å². The average molecular weight is 208 g/mol. The fraction of sp³-hybridized carbons (Fsp3) is 0.111. The summed E-state index contributed by atoms with van der Waals surface area (Å²) in [6.07, 6.45) is 0. The highest BCUT2D eigenvalue weighted by atomic mass is 32.1. The standard InChI is InChI=1S/C9H8N2O2S/c10-4-5-1-2-6-7(3-5)14-8(11-6)9(12)13/h1-3H,4,10H2,(H,12,13). The van der Waals surface area contributed by atoms with Crippen molar-refractivity contribution in [2.75, 3.05) is 0 Å². The minimum atomic E-state index is -0.986. The molecule has 0 saturated carbocycles. The van der Waals surface area contributed by atoms with E-state index in [0.717, 1.165) is 10.3 Å². The van der Waals surface area contributed by atoms with Gasteiger partial charge in [-0.05, 0) is 17.7 Å². The van der Waals surface area contributed by atoms with Crippen LogP contribution in [0.3, 0.4) is 0 Å². The number of aromatic carboxylic acids is 1. The second-order valence-electron chi connectivity index (χ2n) is 2.83. The lowest BCUT2D eigenvalue weighted by Gasteiger charge is -1.93. The van der Waals surface area contributed by atoms with Gasteiger partial charge >= 0.3 is 5.97 Å². The molecule has 1 aromatic carbocycles. The summed E-state index contributed by atoms with van der Waals surface area (Å²) < 4.78 is 0.866. The molecule has 0 amide bonds. The summed E-state index contributed by atoms with van der Waals surface area (Å²) in [5.41, 5.74) is 7.17. The maximum absolute atomic E-state index is 10.6. The fourth-order valence-electron chi connectivity index (χ4n) is 1.19. The molecule has 2 aromatic rings. The van der Waals surface area contributed by atoms with Crippen molar-refractivity contribution in [2.24, 2.45) is 5.73 Å². The Morgan fingerprint density at radius 1 is 1.57 bits per heavy atom. The number of aromatic nitrogens is 1. The number of carbonyl (C=O) groups is 1. The molecule has 0 aliphatic carbocycles. The first kappa shape index (κ1) is 9.11. The van der Waals surface area contributed by atoms with Gasteiger partial charge in [0.15, 0.2) is 0 Å². The van der Waals surface area contributed by atoms with E-state index in [1.54, 1.807) is 6.07 Å². The quantitative estimate of drug-likeness (QED) is 0.783. The molecule has 0 aliphatic heterocycles. The van der Waals surface area contributed by atoms with Crippen molar-refractivity contribution in [3.05, 3.63) is 28.8 Å². The van der Waals surface area contributed by atoms with E-state index in [-0.39, 0.29) is 5.01 Å². The molecule has 0 atom stereocenters. The van der Waals surface area contributed by atoms with Crippen LogP contribution in [0.15, 0.2) is 18.2 Å². The first-order valence-electron chi connectivity index (χ1n) is 4.03. The van der Waals surface area contributed by atoms with E-state index in [9.17, 15) is 4.79 Å². The first-order valence-corrected chi connectivity index (χ1v) is 4.85. The molecule has 1 aromatic heterocycles. The Hall–Kier alpha value is -1.46. The lowest BCUT2D eigenvalue weighted by molar-refractivity contribution is 0.0696. The Kier molecular flexibility index (Phi) is 2.18. The van der Waals surface area contributed by atoms with Gasteiger partial charge in [-0.25, -0.2) is 9.78 Å². The number of hydrogen-bond donors (Lipinski definition) is 2. The van der Waals surface area contributed by atoms with E-state index in [2.05, 4.69) is 4.98 Å². The SMILES string of the molecule is NCc1ccc2nc(C(=O)O)sc2c1. The van der Waals surface area contributed by atoms with Gasteiger partial charge in [0.2, 0.25) is 5.01 Å². The van der Waals surface area contributed by atoms with Crippen molar-refractivity contribution in [1.82, 2.24) is 4.98 Å². The Labute approximate surface area is 84.0 Å². The minimum absolute atomic E-state index is 0.120. The number of rotatable bonds is 2. The summed E-state index contributed by atoms with van der Waals surface area (Å²) in [6, 6.07) is 5.52. The molecule has 4 nitrogen and oxygen atoms in total. The second kappa shape index (κ2) is 3.36. The predicted octanol–water partition coefficient (Wildman–Crippen LogP) is 1.45. The van der Waals surface area contributed by atoms with Gasteiger partial charge < -0.3 is 10.8 Å². The summed E-state index contributed by atoms with van der Waals surface area (Å²) >= 11 is 1.17. The Morgan fingerprint density at radius 3 is 3.00 bits per heavy atom. The van der Waals surface area contributed by atoms with Gasteiger partial charge in [0.25, 0.3) is 0 Å². The van der Waals surface area contributed by atoms with Gasteiger partial charge in [0.1, 0.15) is 0 Å². The molecule has 0 fully saturated rings. The van der Waals surface area contributed by atoms with E-state index >= 15 is 0 Å². The van der Waals surface area contributed by atoms with Crippen molar-refractivity contribution in [3.8, 4) is 0 Å². The van der Waals surface area contributed by atoms with Crippen LogP contribution in [0, 0.1) is 0 Å². The van der Waals surface area contributed by atoms with Gasteiger partial charge in [-0.2, -0.15) is 0 Å². The second-order valence-corrected chi connectivity index (χ2v) is 3.86. The smallest absolute Gasteiger partial charge is 0.365 e. The maximum Gasteiger partial charge on any atom is 0.365 e. The fourth-order valence-corrected chi connectivity index (χ4v) is 2.06. The molecule has 3 N–H and O–H groups in total. The molecular weight excluding hydrogens is 200 g/mol. The average Bonchev–Trinajstić information content (AvgIpc) is 2.59. The Bertz CT molecular complexity index is 493. The van der Waals surface area contributed by atoms with Crippen LogP contribution in [0.25, 0.3) is 10.2 Å². The van der Waals surface area contributed by atoms with E-state index in [1.165, 1.54) is 11.3 Å². The van der Waals surface area contributed by atoms with E-state index in [4.69, 9.17) is 10.8 Å². The molecule has 2 rings (SSSR count). The predicted molar refractivity (Wildman–Crippen MR) is 54.5 cm³/mol. The molecule has 0 unspecified atom stereocenters. The van der Waals surface area contributed by atoms with Crippen LogP contribution < -0.4 is 5.73 Å². The molecule has 0 bridgehead atoms. The lowest BCUT2D eigenvalue weighted by atomic mass is 10.2. The van der Waals surface area contributed by atoms with Crippen molar-refractivity contribution in [3.63, 3.8) is 0 Å². The number of benzene rings is 1. The molecule has 0 aliphatic rings. The summed E-state index contributed by atoms with van der Waals surface area (Å²) in [5, 5.41) is 8.86. The molecule has 0 spiro atoms. The number of nitrogens with zero attached hydrogens (tertiary/aromatic N) is 1. The number of carboxylic acids is 1. The van der Waals surface area contributed by atoms with Crippen LogP contribution in [-0.2, 0) is 6.54 Å². The van der Waals surface area contributed by atoms with Gasteiger partial charge in [-0.3, -0.25) is 0 Å². The zero-order chi connectivity index (χ0) is 10.1. The van der Waals surface area contributed by atoms with Gasteiger partial charge in [0.05, 0.1) is 10.2 Å². The molecule has 14 heavy (non-hydrogen) atoms. The zero-order valence-corrected chi connectivity index (χ0v) is 8.04. The number of nitrogens with two attached hydrogens (primary N) is 1. The number of hydrogen-bond acceptors (Lipinski definition) is 4. The Morgan fingerprint density at radius 2 is 2.36 bits per heavy atom. The highest BCUT2D eigenvalue weighted by Crippen LogP contribution is 2.23. The third kappa shape index (κ3) is 1.47. The molecular formula is C9H8N2O2S. The molecule has 1 heterocycles. The third-order valence-corrected chi connectivity index (χ3v) is 2.88. The molecule has 5 heteroatoms. The molecule has 72 valence electrons. The minimum Gasteiger partial charge on any atom is -0.476 e. The summed E-state index contributed by atoms with van der Waals surface area (Å²) in [4.78, 5) is 14.6. The van der Waals surface area contributed by atoms with Gasteiger partial charge in [-0.1, -0.05) is 6.07 Å². The van der Waals surface area contributed by atoms with E-state index in [1.807, 2.05) is 12.1 Å². The van der Waals surface area contributed by atoms with Crippen molar-refractivity contribution < 1.29 is 9.90 Å². The van der Waals surface area contributed by atoms with Crippen LogP contribution in [0.5, 0.6) is 0 Å². The number of carboxylic acid groups (broad SMARTS) is 1. The van der Waals surface area contributed by atoms with Gasteiger partial charge in [0, 0.05) is 6.54 Å². The monoisotopic (exact) mass is 208 g/mol. The van der Waals surface area contributed by atoms with Crippen LogP contribution in [0.2, 0.25) is 0 Å². The summed E-state index contributed by atoms with van der Waals surface area (Å²) in [7, 11) is 0. The lowest BCUT2D eigenvalue weighted by Crippen LogP contribution is -1.94. The van der Waals surface area contributed by atoms with Crippen LogP contribution >= 0.6 is 11.3 Å². The van der Waals surface area contributed by atoms with E-state index in [0.29, 0.717) is 12.1 Å². The summed E-state index contributed by atoms with van der Waals surface area (Å²) in [6.45, 7) is 0.455.